The maximum Gasteiger partial charge on any atom is 0.329 e. The molecule has 7 heteroatoms. The summed E-state index contributed by atoms with van der Waals surface area (Å²) in [6, 6.07) is 1.24. The van der Waals surface area contributed by atoms with Crippen LogP contribution in [0.2, 0.25) is 0 Å². The maximum atomic E-state index is 12.0. The molecule has 1 rings (SSSR count). The van der Waals surface area contributed by atoms with Crippen molar-refractivity contribution >= 4 is 12.0 Å². The van der Waals surface area contributed by atoms with Gasteiger partial charge in [-0.25, -0.2) is 19.6 Å². The van der Waals surface area contributed by atoms with Gasteiger partial charge in [-0.1, -0.05) is 0 Å². The summed E-state index contributed by atoms with van der Waals surface area (Å²) in [6.07, 6.45) is 2.97. The number of aromatic nitrogens is 2. The number of nitrogens with one attached hydrogen (secondary N) is 1. The topological polar surface area (TPSA) is 95.4 Å². The first kappa shape index (κ1) is 14.9. The number of likely N-dealkylation sites (N-methyl/N-ethyl adjacent to an activating group) is 1. The van der Waals surface area contributed by atoms with E-state index in [1.165, 1.54) is 25.1 Å². The van der Waals surface area contributed by atoms with E-state index in [0.717, 1.165) is 0 Å². The first-order valence-corrected chi connectivity index (χ1v) is 5.93. The second kappa shape index (κ2) is 6.12. The van der Waals surface area contributed by atoms with E-state index < -0.39 is 17.5 Å². The number of carboxylic acids is 1. The van der Waals surface area contributed by atoms with Crippen molar-refractivity contribution in [2.24, 2.45) is 0 Å². The number of carboxylic acid groups (broad SMARTS) is 1. The van der Waals surface area contributed by atoms with Crippen LogP contribution in [0.15, 0.2) is 18.6 Å². The molecule has 0 aromatic carbocycles. The number of hydrogen-bond acceptors (Lipinski definition) is 4. The van der Waals surface area contributed by atoms with Crippen LogP contribution in [0, 0.1) is 0 Å². The molecule has 0 saturated carbocycles. The monoisotopic (exact) mass is 266 g/mol. The van der Waals surface area contributed by atoms with Crippen molar-refractivity contribution in [2.75, 3.05) is 6.54 Å². The molecule has 7 nitrogen and oxygen atoms in total. The van der Waals surface area contributed by atoms with Gasteiger partial charge in [-0.3, -0.25) is 0 Å². The van der Waals surface area contributed by atoms with Crippen LogP contribution in [0.25, 0.3) is 0 Å². The first-order chi connectivity index (χ1) is 8.89. The molecule has 1 aromatic heterocycles. The van der Waals surface area contributed by atoms with Crippen LogP contribution in [-0.4, -0.2) is 44.1 Å². The lowest BCUT2D eigenvalue weighted by atomic mass is 10.0. The fraction of sp³-hybridized carbons (Fsp3) is 0.500. The van der Waals surface area contributed by atoms with Gasteiger partial charge < -0.3 is 15.3 Å². The molecule has 0 aliphatic rings. The number of rotatable bonds is 5. The Labute approximate surface area is 111 Å². The third kappa shape index (κ3) is 3.64. The Morgan fingerprint density at radius 1 is 1.47 bits per heavy atom. The second-order valence-electron chi connectivity index (χ2n) is 4.47. The van der Waals surface area contributed by atoms with Crippen molar-refractivity contribution in [1.82, 2.24) is 20.2 Å². The van der Waals surface area contributed by atoms with Crippen molar-refractivity contribution in [3.63, 3.8) is 0 Å². The number of urea groups is 1. The smallest absolute Gasteiger partial charge is 0.329 e. The maximum absolute atomic E-state index is 12.0. The summed E-state index contributed by atoms with van der Waals surface area (Å²) in [4.78, 5) is 32.2. The predicted molar refractivity (Wildman–Crippen MR) is 68.4 cm³/mol. The molecule has 0 aliphatic heterocycles. The minimum absolute atomic E-state index is 0.230. The molecule has 0 aliphatic carbocycles. The summed E-state index contributed by atoms with van der Waals surface area (Å²) in [7, 11) is 0. The zero-order chi connectivity index (χ0) is 14.5. The van der Waals surface area contributed by atoms with Gasteiger partial charge in [0.15, 0.2) is 0 Å². The lowest BCUT2D eigenvalue weighted by Gasteiger charge is -2.34. The lowest BCUT2D eigenvalue weighted by molar-refractivity contribution is -0.147. The van der Waals surface area contributed by atoms with E-state index in [9.17, 15) is 9.59 Å². The summed E-state index contributed by atoms with van der Waals surface area (Å²) in [5, 5.41) is 11.8. The second-order valence-corrected chi connectivity index (χ2v) is 4.47. The molecule has 0 saturated heterocycles. The molecule has 0 fully saturated rings. The van der Waals surface area contributed by atoms with E-state index in [4.69, 9.17) is 5.11 Å². The van der Waals surface area contributed by atoms with Gasteiger partial charge in [0, 0.05) is 12.7 Å². The van der Waals surface area contributed by atoms with Gasteiger partial charge in [-0.15, -0.1) is 0 Å². The van der Waals surface area contributed by atoms with Crippen LogP contribution in [-0.2, 0) is 11.3 Å². The van der Waals surface area contributed by atoms with Crippen molar-refractivity contribution in [3.05, 3.63) is 24.3 Å². The highest BCUT2D eigenvalue weighted by atomic mass is 16.4. The third-order valence-electron chi connectivity index (χ3n) is 2.82. The van der Waals surface area contributed by atoms with Gasteiger partial charge in [0.2, 0.25) is 0 Å². The Kier molecular flexibility index (Phi) is 4.80. The van der Waals surface area contributed by atoms with E-state index in [0.29, 0.717) is 12.2 Å². The first-order valence-electron chi connectivity index (χ1n) is 5.93. The summed E-state index contributed by atoms with van der Waals surface area (Å²) in [6.45, 7) is 5.24. The van der Waals surface area contributed by atoms with Crippen LogP contribution in [0.4, 0.5) is 4.79 Å². The molecule has 2 amide bonds. The highest BCUT2D eigenvalue weighted by Crippen LogP contribution is 2.14. The number of aliphatic carboxylic acids is 1. The number of amides is 2. The molecule has 0 bridgehead atoms. The Balaban J connectivity index is 2.68. The normalized spacial score (nSPS) is 10.9. The number of carbonyl (C=O) groups excluding carboxylic acids is 1. The summed E-state index contributed by atoms with van der Waals surface area (Å²) in [5.41, 5.74) is -0.600. The molecular weight excluding hydrogens is 248 g/mol. The Bertz CT molecular complexity index is 448. The van der Waals surface area contributed by atoms with Crippen molar-refractivity contribution in [2.45, 2.75) is 32.9 Å². The summed E-state index contributed by atoms with van der Waals surface area (Å²) >= 11 is 0. The van der Waals surface area contributed by atoms with Gasteiger partial charge in [0.05, 0.1) is 12.2 Å². The average molecular weight is 266 g/mol. The predicted octanol–water partition coefficient (Wildman–Crippen LogP) is 0.871. The standard InChI is InChI=1S/C12H18N4O3/c1-4-16(12(2,3)10(17)18)11(19)14-7-9-5-6-13-8-15-9/h5-6,8H,4,7H2,1-3H3,(H,14,19)(H,17,18). The molecule has 1 heterocycles. The molecule has 104 valence electrons. The van der Waals surface area contributed by atoms with Crippen molar-refractivity contribution < 1.29 is 14.7 Å². The van der Waals surface area contributed by atoms with Crippen LogP contribution in [0.3, 0.4) is 0 Å². The highest BCUT2D eigenvalue weighted by molar-refractivity contribution is 5.85. The third-order valence-corrected chi connectivity index (χ3v) is 2.82. The Morgan fingerprint density at radius 3 is 2.63 bits per heavy atom. The van der Waals surface area contributed by atoms with Gasteiger partial charge >= 0.3 is 12.0 Å². The Morgan fingerprint density at radius 2 is 2.16 bits per heavy atom. The zero-order valence-electron chi connectivity index (χ0n) is 11.3. The molecule has 2 N–H and O–H groups in total. The highest BCUT2D eigenvalue weighted by Gasteiger charge is 2.36. The van der Waals surface area contributed by atoms with Crippen LogP contribution in [0.1, 0.15) is 26.5 Å². The van der Waals surface area contributed by atoms with E-state index in [1.54, 1.807) is 19.2 Å². The fourth-order valence-electron chi connectivity index (χ4n) is 1.59. The van der Waals surface area contributed by atoms with E-state index >= 15 is 0 Å². The van der Waals surface area contributed by atoms with Crippen LogP contribution < -0.4 is 5.32 Å². The Hall–Kier alpha value is -2.18. The summed E-state index contributed by atoms with van der Waals surface area (Å²) < 4.78 is 0. The minimum atomic E-state index is -1.26. The van der Waals surface area contributed by atoms with Gasteiger partial charge in [0.25, 0.3) is 0 Å². The van der Waals surface area contributed by atoms with Gasteiger partial charge in [0.1, 0.15) is 11.9 Å². The van der Waals surface area contributed by atoms with Gasteiger partial charge in [-0.05, 0) is 26.8 Å². The number of hydrogen-bond donors (Lipinski definition) is 2. The summed E-state index contributed by atoms with van der Waals surface area (Å²) in [5.74, 6) is -1.05. The minimum Gasteiger partial charge on any atom is -0.480 e. The lowest BCUT2D eigenvalue weighted by Crippen LogP contribution is -2.55. The largest absolute Gasteiger partial charge is 0.480 e. The molecule has 0 spiro atoms. The van der Waals surface area contributed by atoms with E-state index in [2.05, 4.69) is 15.3 Å². The van der Waals surface area contributed by atoms with Gasteiger partial charge in [-0.2, -0.15) is 0 Å². The zero-order valence-corrected chi connectivity index (χ0v) is 11.3. The fourth-order valence-corrected chi connectivity index (χ4v) is 1.59. The van der Waals surface area contributed by atoms with Crippen molar-refractivity contribution in [1.29, 1.82) is 0 Å². The quantitative estimate of drug-likeness (QED) is 0.824. The van der Waals surface area contributed by atoms with E-state index in [-0.39, 0.29) is 6.54 Å². The number of carbonyl (C=O) groups is 2. The van der Waals surface area contributed by atoms with Crippen LogP contribution >= 0.6 is 0 Å². The average Bonchev–Trinajstić information content (AvgIpc) is 2.38. The molecule has 0 unspecified atom stereocenters. The molecule has 0 atom stereocenters. The SMILES string of the molecule is CCN(C(=O)NCc1ccncn1)C(C)(C)C(=O)O. The molecule has 1 aromatic rings. The molecule has 0 radical (unpaired) electrons. The molecule has 19 heavy (non-hydrogen) atoms. The van der Waals surface area contributed by atoms with Crippen LogP contribution in [0.5, 0.6) is 0 Å². The van der Waals surface area contributed by atoms with Crippen molar-refractivity contribution in [3.8, 4) is 0 Å². The van der Waals surface area contributed by atoms with E-state index in [1.807, 2.05) is 0 Å². The molecular formula is C12H18N4O3. The number of nitrogens with zero attached hydrogens (tertiary/aromatic N) is 3.